The third-order valence-electron chi connectivity index (χ3n) is 2.97. The van der Waals surface area contributed by atoms with Crippen molar-refractivity contribution < 1.29 is 4.79 Å². The molecule has 4 nitrogen and oxygen atoms in total. The van der Waals surface area contributed by atoms with Gasteiger partial charge in [0.1, 0.15) is 5.82 Å². The molecule has 1 aromatic heterocycles. The summed E-state index contributed by atoms with van der Waals surface area (Å²) in [5.74, 6) is 0.569. The van der Waals surface area contributed by atoms with Crippen LogP contribution in [0, 0.1) is 6.92 Å². The Hall–Kier alpha value is -2.07. The van der Waals surface area contributed by atoms with Crippen LogP contribution in [0.4, 0.5) is 5.82 Å². The quantitative estimate of drug-likeness (QED) is 0.890. The van der Waals surface area contributed by atoms with Gasteiger partial charge in [-0.3, -0.25) is 4.79 Å². The monoisotopic (exact) mass is 303 g/mol. The van der Waals surface area contributed by atoms with E-state index in [1.807, 2.05) is 38.1 Å². The number of nitrogens with one attached hydrogen (secondary N) is 2. The molecule has 0 spiro atoms. The molecule has 1 aromatic carbocycles. The largest absolute Gasteiger partial charge is 0.370 e. The summed E-state index contributed by atoms with van der Waals surface area (Å²) >= 11 is 6.07. The molecule has 0 radical (unpaired) electrons. The van der Waals surface area contributed by atoms with Crippen LogP contribution in [0.5, 0.6) is 0 Å². The van der Waals surface area contributed by atoms with Gasteiger partial charge in [-0.1, -0.05) is 29.8 Å². The first-order valence-corrected chi connectivity index (χ1v) is 7.22. The summed E-state index contributed by atoms with van der Waals surface area (Å²) in [5.41, 5.74) is 2.28. The Kier molecular flexibility index (Phi) is 5.17. The normalized spacial score (nSPS) is 10.2. The van der Waals surface area contributed by atoms with Gasteiger partial charge in [0, 0.05) is 29.4 Å². The van der Waals surface area contributed by atoms with Gasteiger partial charge in [-0.15, -0.1) is 0 Å². The summed E-state index contributed by atoms with van der Waals surface area (Å²) in [4.78, 5) is 16.6. The standard InChI is InChI=1S/C16H18ClN3O/c1-3-18-15-9-13(8-11(2)20-15)16(21)19-10-12-6-4-5-7-14(12)17/h4-9H,3,10H2,1-2H3,(H,18,20)(H,19,21). The van der Waals surface area contributed by atoms with Crippen LogP contribution in [0.2, 0.25) is 5.02 Å². The number of carbonyl (C=O) groups excluding carboxylic acids is 1. The van der Waals surface area contributed by atoms with Crippen LogP contribution < -0.4 is 10.6 Å². The van der Waals surface area contributed by atoms with Crippen LogP contribution in [0.15, 0.2) is 36.4 Å². The molecule has 2 rings (SSSR count). The maximum Gasteiger partial charge on any atom is 0.251 e. The van der Waals surface area contributed by atoms with E-state index in [4.69, 9.17) is 11.6 Å². The van der Waals surface area contributed by atoms with Gasteiger partial charge >= 0.3 is 0 Å². The first kappa shape index (κ1) is 15.3. The van der Waals surface area contributed by atoms with Gasteiger partial charge in [0.25, 0.3) is 5.91 Å². The Balaban J connectivity index is 2.08. The minimum Gasteiger partial charge on any atom is -0.370 e. The lowest BCUT2D eigenvalue weighted by Gasteiger charge is -2.09. The molecule has 0 unspecified atom stereocenters. The first-order chi connectivity index (χ1) is 10.1. The molecule has 2 aromatic rings. The summed E-state index contributed by atoms with van der Waals surface area (Å²) in [6.45, 7) is 5.01. The lowest BCUT2D eigenvalue weighted by Crippen LogP contribution is -2.23. The Bertz CT molecular complexity index is 643. The maximum atomic E-state index is 12.2. The van der Waals surface area contributed by atoms with E-state index in [2.05, 4.69) is 15.6 Å². The predicted molar refractivity (Wildman–Crippen MR) is 85.8 cm³/mol. The fourth-order valence-electron chi connectivity index (χ4n) is 1.99. The SMILES string of the molecule is CCNc1cc(C(=O)NCc2ccccc2Cl)cc(C)n1. The fraction of sp³-hybridized carbons (Fsp3) is 0.250. The van der Waals surface area contributed by atoms with Crippen LogP contribution in [-0.2, 0) is 6.54 Å². The first-order valence-electron chi connectivity index (χ1n) is 6.84. The minimum absolute atomic E-state index is 0.139. The van der Waals surface area contributed by atoms with Crippen LogP contribution in [0.1, 0.15) is 28.5 Å². The molecule has 2 N–H and O–H groups in total. The van der Waals surface area contributed by atoms with Crippen molar-refractivity contribution >= 4 is 23.3 Å². The Morgan fingerprint density at radius 1 is 1.29 bits per heavy atom. The zero-order chi connectivity index (χ0) is 15.2. The number of carbonyl (C=O) groups is 1. The van der Waals surface area contributed by atoms with Gasteiger partial charge in [-0.05, 0) is 37.6 Å². The van der Waals surface area contributed by atoms with E-state index in [0.29, 0.717) is 22.9 Å². The number of pyridine rings is 1. The highest BCUT2D eigenvalue weighted by molar-refractivity contribution is 6.31. The fourth-order valence-corrected chi connectivity index (χ4v) is 2.19. The van der Waals surface area contributed by atoms with E-state index in [1.54, 1.807) is 12.1 Å². The number of amides is 1. The topological polar surface area (TPSA) is 54.0 Å². The molecular weight excluding hydrogens is 286 g/mol. The summed E-state index contributed by atoms with van der Waals surface area (Å²) < 4.78 is 0. The second kappa shape index (κ2) is 7.09. The molecule has 0 fully saturated rings. The van der Waals surface area contributed by atoms with Gasteiger partial charge in [0.05, 0.1) is 0 Å². The molecule has 0 atom stereocenters. The molecule has 1 amide bonds. The number of halogens is 1. The van der Waals surface area contributed by atoms with E-state index in [-0.39, 0.29) is 5.91 Å². The lowest BCUT2D eigenvalue weighted by molar-refractivity contribution is 0.0951. The number of hydrogen-bond donors (Lipinski definition) is 2. The zero-order valence-electron chi connectivity index (χ0n) is 12.1. The molecule has 0 aliphatic carbocycles. The van der Waals surface area contributed by atoms with Crippen molar-refractivity contribution in [3.8, 4) is 0 Å². The second-order valence-electron chi connectivity index (χ2n) is 4.69. The van der Waals surface area contributed by atoms with E-state index < -0.39 is 0 Å². The molecule has 0 saturated carbocycles. The molecule has 0 bridgehead atoms. The summed E-state index contributed by atoms with van der Waals surface area (Å²) in [7, 11) is 0. The van der Waals surface area contributed by atoms with Crippen molar-refractivity contribution in [3.05, 3.63) is 58.2 Å². The molecule has 0 aliphatic heterocycles. The Morgan fingerprint density at radius 3 is 2.76 bits per heavy atom. The maximum absolute atomic E-state index is 12.2. The van der Waals surface area contributed by atoms with Crippen molar-refractivity contribution in [2.24, 2.45) is 0 Å². The van der Waals surface area contributed by atoms with Gasteiger partial charge < -0.3 is 10.6 Å². The minimum atomic E-state index is -0.139. The van der Waals surface area contributed by atoms with Crippen LogP contribution in [0.3, 0.4) is 0 Å². The molecule has 0 aliphatic rings. The number of benzene rings is 1. The molecular formula is C16H18ClN3O. The van der Waals surface area contributed by atoms with Crippen molar-refractivity contribution in [2.75, 3.05) is 11.9 Å². The van der Waals surface area contributed by atoms with Crippen LogP contribution in [0.25, 0.3) is 0 Å². The second-order valence-corrected chi connectivity index (χ2v) is 5.09. The number of rotatable bonds is 5. The van der Waals surface area contributed by atoms with Crippen molar-refractivity contribution in [1.29, 1.82) is 0 Å². The number of hydrogen-bond acceptors (Lipinski definition) is 3. The lowest BCUT2D eigenvalue weighted by atomic mass is 10.2. The molecule has 5 heteroatoms. The number of aromatic nitrogens is 1. The van der Waals surface area contributed by atoms with Gasteiger partial charge in [0.15, 0.2) is 0 Å². The summed E-state index contributed by atoms with van der Waals surface area (Å²) in [5, 5.41) is 6.64. The third-order valence-corrected chi connectivity index (χ3v) is 3.34. The average molecular weight is 304 g/mol. The van der Waals surface area contributed by atoms with E-state index in [0.717, 1.165) is 17.8 Å². The highest BCUT2D eigenvalue weighted by Gasteiger charge is 2.09. The average Bonchev–Trinajstić information content (AvgIpc) is 2.46. The van der Waals surface area contributed by atoms with Crippen molar-refractivity contribution in [1.82, 2.24) is 10.3 Å². The van der Waals surface area contributed by atoms with Crippen molar-refractivity contribution in [3.63, 3.8) is 0 Å². The van der Waals surface area contributed by atoms with E-state index in [1.165, 1.54) is 0 Å². The third kappa shape index (κ3) is 4.20. The van der Waals surface area contributed by atoms with E-state index >= 15 is 0 Å². The summed E-state index contributed by atoms with van der Waals surface area (Å²) in [6, 6.07) is 11.0. The molecule has 110 valence electrons. The smallest absolute Gasteiger partial charge is 0.251 e. The predicted octanol–water partition coefficient (Wildman–Crippen LogP) is 3.41. The van der Waals surface area contributed by atoms with Crippen molar-refractivity contribution in [2.45, 2.75) is 20.4 Å². The molecule has 0 saturated heterocycles. The number of aryl methyl sites for hydroxylation is 1. The Morgan fingerprint density at radius 2 is 2.05 bits per heavy atom. The van der Waals surface area contributed by atoms with Gasteiger partial charge in [0.2, 0.25) is 0 Å². The van der Waals surface area contributed by atoms with Gasteiger partial charge in [-0.2, -0.15) is 0 Å². The van der Waals surface area contributed by atoms with Crippen LogP contribution >= 0.6 is 11.6 Å². The van der Waals surface area contributed by atoms with E-state index in [9.17, 15) is 4.79 Å². The number of nitrogens with zero attached hydrogens (tertiary/aromatic N) is 1. The molecule has 21 heavy (non-hydrogen) atoms. The van der Waals surface area contributed by atoms with Crippen LogP contribution in [-0.4, -0.2) is 17.4 Å². The summed E-state index contributed by atoms with van der Waals surface area (Å²) in [6.07, 6.45) is 0. The van der Waals surface area contributed by atoms with Gasteiger partial charge in [-0.25, -0.2) is 4.98 Å². The zero-order valence-corrected chi connectivity index (χ0v) is 12.9. The number of anilines is 1. The molecule has 1 heterocycles. The Labute approximate surface area is 129 Å². The highest BCUT2D eigenvalue weighted by atomic mass is 35.5. The highest BCUT2D eigenvalue weighted by Crippen LogP contribution is 2.15.